The van der Waals surface area contributed by atoms with Gasteiger partial charge in [-0.1, -0.05) is 55.4 Å². The molecule has 4 aliphatic rings. The van der Waals surface area contributed by atoms with E-state index in [0.29, 0.717) is 6.92 Å². The molecule has 4 saturated heterocycles. The van der Waals surface area contributed by atoms with Gasteiger partial charge in [0.25, 0.3) is 5.60 Å². The van der Waals surface area contributed by atoms with Gasteiger partial charge in [-0.3, -0.25) is 19.2 Å². The van der Waals surface area contributed by atoms with Crippen LogP contribution in [0.5, 0.6) is 0 Å². The zero-order valence-corrected chi connectivity index (χ0v) is 48.8. The Hall–Kier alpha value is -4.23. The molecule has 90 heavy (non-hydrogen) atoms. The predicted octanol–water partition coefficient (Wildman–Crippen LogP) is 10.3. The summed E-state index contributed by atoms with van der Waals surface area (Å²) in [6, 6.07) is 0. The Morgan fingerprint density at radius 3 is 1.21 bits per heavy atom. The van der Waals surface area contributed by atoms with E-state index in [1.165, 1.54) is 41.5 Å². The van der Waals surface area contributed by atoms with Crippen LogP contribution in [0.3, 0.4) is 0 Å². The molecule has 42 heteroatoms. The van der Waals surface area contributed by atoms with Crippen LogP contribution in [0.2, 0.25) is 0 Å². The largest absolute Gasteiger partial charge is 0.462 e. The minimum atomic E-state index is -7.10. The van der Waals surface area contributed by atoms with Gasteiger partial charge >= 0.3 is 108 Å². The van der Waals surface area contributed by atoms with Gasteiger partial charge in [-0.2, -0.15) is 110 Å². The minimum Gasteiger partial charge on any atom is -0.462 e. The third-order valence-corrected chi connectivity index (χ3v) is 15.2. The van der Waals surface area contributed by atoms with Crippen LogP contribution in [0.4, 0.5) is 110 Å². The summed E-state index contributed by atoms with van der Waals surface area (Å²) in [5.74, 6) is -54.8. The maximum atomic E-state index is 14.6. The fourth-order valence-corrected chi connectivity index (χ4v) is 7.50. The van der Waals surface area contributed by atoms with Gasteiger partial charge in [-0.15, -0.1) is 0 Å². The standard InChI is InChI=1S/C15H18F10O5.C12H17F5O4.C11H15F5O4.C10H13F5O4/c1-5-8(2,3)7(26)29-6-9(4)11(16,17)10(27,14(20,21)22)12(18,19)13(28,30-9)15(23,24)25;1-4-7(3)8(18)21-9(5-2)6-20-11(19,10(9,13)14)12(15,16)17;1-4-6(2)7(17)20-8(3)5-19-10(18,9(8,12)13)11(14,15)16;1-3-5(2)7(16)19-6-4-18-9(17,8(6,11)12)10(13,14)15/h27-28H,5-6H2,1-4H3;7,19H,4-6H2,1-3H3;6,18H,4-5H2,1-3H3;5-6,17H,3-4H2,1-2H3. The number of aliphatic hydroxyl groups is 5. The van der Waals surface area contributed by atoms with Crippen molar-refractivity contribution in [2.75, 3.05) is 26.4 Å². The van der Waals surface area contributed by atoms with E-state index < -0.39 is 192 Å². The van der Waals surface area contributed by atoms with Gasteiger partial charge in [0.1, 0.15) is 6.61 Å². The van der Waals surface area contributed by atoms with Gasteiger partial charge in [0, 0.05) is 0 Å². The summed E-state index contributed by atoms with van der Waals surface area (Å²) in [7, 11) is 0. The molecule has 0 saturated carbocycles. The maximum absolute atomic E-state index is 14.6. The molecular weight excluding hydrogens is 1320 g/mol. The molecule has 0 bridgehead atoms. The molecule has 0 aliphatic carbocycles. The van der Waals surface area contributed by atoms with Crippen molar-refractivity contribution in [1.29, 1.82) is 0 Å². The first-order valence-corrected chi connectivity index (χ1v) is 25.9. The second-order valence-electron chi connectivity index (χ2n) is 22.0. The van der Waals surface area contributed by atoms with Crippen molar-refractivity contribution in [2.45, 2.75) is 227 Å². The average Bonchev–Trinajstić information content (AvgIpc) is 0.951. The van der Waals surface area contributed by atoms with Crippen LogP contribution in [0.1, 0.15) is 115 Å². The van der Waals surface area contributed by atoms with Crippen LogP contribution in [-0.2, 0) is 57.1 Å². The van der Waals surface area contributed by atoms with Crippen molar-refractivity contribution in [3.63, 3.8) is 0 Å². The Bertz CT molecular complexity index is 2510. The van der Waals surface area contributed by atoms with Crippen LogP contribution in [0, 0.1) is 23.2 Å². The number of hydrogen-bond donors (Lipinski definition) is 5. The zero-order chi connectivity index (χ0) is 72.1. The third kappa shape index (κ3) is 13.8. The average molecular weight is 1390 g/mol. The lowest BCUT2D eigenvalue weighted by molar-refractivity contribution is -0.559. The number of ether oxygens (including phenoxy) is 8. The van der Waals surface area contributed by atoms with Crippen molar-refractivity contribution in [2.24, 2.45) is 23.2 Å². The van der Waals surface area contributed by atoms with Crippen molar-refractivity contribution >= 4 is 23.9 Å². The first kappa shape index (κ1) is 83.8. The first-order valence-electron chi connectivity index (χ1n) is 25.9. The monoisotopic (exact) mass is 1390 g/mol. The SMILES string of the molecule is CCC(C)(C)C(=O)OCC1(C)OC(O)(C(F)(F)F)C(F)(F)C(O)(C(F)(F)F)C1(F)F.CCC(C)C(=O)OC1(C)COC(O)(C(F)(F)F)C1(F)F.CCC(C)C(=O)OC1(CC)COC(O)(C(F)(F)F)C1(F)F.CCC(C)C(=O)OC1COC(O)(C(F)(F)F)C1(F)F. The third-order valence-electron chi connectivity index (χ3n) is 15.2. The Kier molecular flexibility index (Phi) is 24.4. The van der Waals surface area contributed by atoms with Gasteiger partial charge < -0.3 is 63.4 Å². The van der Waals surface area contributed by atoms with E-state index in [4.69, 9.17) is 10.2 Å². The highest BCUT2D eigenvalue weighted by molar-refractivity contribution is 5.76. The van der Waals surface area contributed by atoms with Crippen LogP contribution < -0.4 is 0 Å². The van der Waals surface area contributed by atoms with Gasteiger partial charge in [0.2, 0.25) is 11.2 Å². The predicted molar refractivity (Wildman–Crippen MR) is 244 cm³/mol. The van der Waals surface area contributed by atoms with Gasteiger partial charge in [-0.05, 0) is 59.8 Å². The van der Waals surface area contributed by atoms with Crippen LogP contribution in [0.25, 0.3) is 0 Å². The molecule has 4 heterocycles. The summed E-state index contributed by atoms with van der Waals surface area (Å²) < 4.78 is 365. The zero-order valence-electron chi connectivity index (χ0n) is 48.8. The highest BCUT2D eigenvalue weighted by Crippen LogP contribution is 2.66. The maximum Gasteiger partial charge on any atom is 0.449 e. The highest BCUT2D eigenvalue weighted by atomic mass is 19.4. The van der Waals surface area contributed by atoms with Crippen molar-refractivity contribution in [1.82, 2.24) is 0 Å². The molecule has 5 N–H and O–H groups in total. The summed E-state index contributed by atoms with van der Waals surface area (Å²) in [6.07, 6.45) is -33.3. The molecule has 0 aromatic rings. The second-order valence-corrected chi connectivity index (χ2v) is 22.0. The molecule has 4 fully saturated rings. The van der Waals surface area contributed by atoms with E-state index in [1.807, 2.05) is 0 Å². The van der Waals surface area contributed by atoms with E-state index in [-0.39, 0.29) is 32.6 Å². The summed E-state index contributed by atoms with van der Waals surface area (Å²) in [5, 5.41) is 46.0. The Morgan fingerprint density at radius 2 is 0.878 bits per heavy atom. The summed E-state index contributed by atoms with van der Waals surface area (Å²) in [5.41, 5.74) is -18.3. The van der Waals surface area contributed by atoms with E-state index in [9.17, 15) is 144 Å². The molecule has 0 radical (unpaired) electrons. The van der Waals surface area contributed by atoms with Crippen molar-refractivity contribution < 1.29 is 192 Å². The molecule has 4 rings (SSSR count). The van der Waals surface area contributed by atoms with Crippen LogP contribution in [-0.4, -0.2) is 188 Å². The molecule has 12 unspecified atom stereocenters. The summed E-state index contributed by atoms with van der Waals surface area (Å²) >= 11 is 0. The lowest BCUT2D eigenvalue weighted by atomic mass is 9.72. The summed E-state index contributed by atoms with van der Waals surface area (Å²) in [4.78, 5) is 46.4. The molecule has 0 aromatic heterocycles. The molecule has 0 aromatic carbocycles. The molecule has 0 spiro atoms. The van der Waals surface area contributed by atoms with Crippen molar-refractivity contribution in [3.05, 3.63) is 0 Å². The highest BCUT2D eigenvalue weighted by Gasteiger charge is 2.97. The van der Waals surface area contributed by atoms with E-state index in [2.05, 4.69) is 37.9 Å². The number of rotatable bonds is 14. The Balaban J connectivity index is 0.000000611. The van der Waals surface area contributed by atoms with Crippen molar-refractivity contribution in [3.8, 4) is 0 Å². The van der Waals surface area contributed by atoms with Crippen LogP contribution in [0.15, 0.2) is 0 Å². The second kappa shape index (κ2) is 26.2. The Morgan fingerprint density at radius 1 is 0.500 bits per heavy atom. The van der Waals surface area contributed by atoms with E-state index in [0.717, 1.165) is 6.92 Å². The van der Waals surface area contributed by atoms with Crippen LogP contribution >= 0.6 is 0 Å². The summed E-state index contributed by atoms with van der Waals surface area (Å²) in [6.45, 7) is 8.30. The molecule has 4 aliphatic heterocycles. The van der Waals surface area contributed by atoms with E-state index in [1.54, 1.807) is 20.8 Å². The lowest BCUT2D eigenvalue weighted by Crippen LogP contribution is -2.88. The topological polar surface area (TPSA) is 243 Å². The number of carbonyl (C=O) groups is 4. The number of halogens is 25. The molecular formula is C48H63F25O17. The number of carbonyl (C=O) groups excluding carboxylic acids is 4. The van der Waals surface area contributed by atoms with Gasteiger partial charge in [-0.25, -0.2) is 0 Å². The molecule has 532 valence electrons. The lowest BCUT2D eigenvalue weighted by Gasteiger charge is -2.58. The first-order chi connectivity index (χ1) is 39.6. The van der Waals surface area contributed by atoms with Gasteiger partial charge in [0.15, 0.2) is 11.7 Å². The molecule has 0 amide bonds. The molecule has 12 atom stereocenters. The Labute approximate surface area is 493 Å². The quantitative estimate of drug-likeness (QED) is 0.0617. The minimum absolute atomic E-state index is 0.0170. The molecule has 17 nitrogen and oxygen atoms in total. The number of esters is 4. The normalized spacial score (nSPS) is 33.9. The number of hydrogen-bond acceptors (Lipinski definition) is 17. The fraction of sp³-hybridized carbons (Fsp3) is 0.917. The van der Waals surface area contributed by atoms with Gasteiger partial charge in [0.05, 0.1) is 43.0 Å². The smallest absolute Gasteiger partial charge is 0.449 e. The number of alkyl halides is 25. The fourth-order valence-electron chi connectivity index (χ4n) is 7.50. The van der Waals surface area contributed by atoms with E-state index >= 15 is 0 Å².